The Morgan fingerprint density at radius 2 is 1.85 bits per heavy atom. The molecule has 1 aromatic heterocycles. The number of aromatic hydroxyl groups is 1. The number of pyridine rings is 1. The third-order valence-electron chi connectivity index (χ3n) is 5.44. The number of carbonyl (C=O) groups excluding carboxylic acids is 1. The number of aromatic nitrogens is 1. The summed E-state index contributed by atoms with van der Waals surface area (Å²) in [6.45, 7) is 5.01. The number of β-amino-alcohol motifs (C(OH)–C–C–N with tert-alkyl or cyclic N) is 1. The molecule has 174 valence electrons. The van der Waals surface area contributed by atoms with Crippen molar-refractivity contribution in [2.45, 2.75) is 38.3 Å². The molecular formula is C26H32N4O3. The number of phenolic OH excluding ortho intramolecular Hbond substituents is 1. The molecule has 0 spiro atoms. The molecular weight excluding hydrogens is 416 g/mol. The maximum absolute atomic E-state index is 12.6. The van der Waals surface area contributed by atoms with E-state index in [1.54, 1.807) is 36.5 Å². The zero-order valence-corrected chi connectivity index (χ0v) is 19.1. The first-order valence-corrected chi connectivity index (χ1v) is 11.0. The van der Waals surface area contributed by atoms with Crippen LogP contribution < -0.4 is 16.4 Å². The lowest BCUT2D eigenvalue weighted by Crippen LogP contribution is -2.43. The third-order valence-corrected chi connectivity index (χ3v) is 5.44. The average molecular weight is 449 g/mol. The van der Waals surface area contributed by atoms with E-state index in [2.05, 4.69) is 29.5 Å². The summed E-state index contributed by atoms with van der Waals surface area (Å²) in [5.74, 6) is 0.532. The number of carbonyl (C=O) groups is 1. The van der Waals surface area contributed by atoms with Gasteiger partial charge in [-0.15, -0.1) is 0 Å². The molecule has 33 heavy (non-hydrogen) atoms. The number of nitrogens with one attached hydrogen (secondary N) is 2. The van der Waals surface area contributed by atoms with Gasteiger partial charge in [0.15, 0.2) is 0 Å². The Bertz CT molecular complexity index is 1050. The van der Waals surface area contributed by atoms with Crippen molar-refractivity contribution in [2.75, 3.05) is 18.8 Å². The number of amides is 1. The van der Waals surface area contributed by atoms with E-state index in [0.717, 1.165) is 11.1 Å². The monoisotopic (exact) mass is 448 g/mol. The van der Waals surface area contributed by atoms with Gasteiger partial charge in [0.25, 0.3) is 5.91 Å². The van der Waals surface area contributed by atoms with Gasteiger partial charge in [-0.1, -0.05) is 30.3 Å². The van der Waals surface area contributed by atoms with E-state index in [-0.39, 0.29) is 17.2 Å². The summed E-state index contributed by atoms with van der Waals surface area (Å²) in [4.78, 5) is 16.6. The van der Waals surface area contributed by atoms with Crippen molar-refractivity contribution < 1.29 is 15.0 Å². The molecule has 0 aliphatic rings. The number of nitrogens with zero attached hydrogens (tertiary/aromatic N) is 1. The maximum atomic E-state index is 12.6. The number of nitrogens with two attached hydrogens (primary N) is 1. The van der Waals surface area contributed by atoms with Crippen molar-refractivity contribution in [2.24, 2.45) is 0 Å². The van der Waals surface area contributed by atoms with Gasteiger partial charge < -0.3 is 26.6 Å². The fourth-order valence-corrected chi connectivity index (χ4v) is 3.59. The lowest BCUT2D eigenvalue weighted by atomic mass is 9.93. The molecule has 1 amide bonds. The third kappa shape index (κ3) is 7.59. The van der Waals surface area contributed by atoms with Crippen LogP contribution in [-0.4, -0.2) is 39.7 Å². The minimum atomic E-state index is -0.692. The standard InChI is InChI=1S/C26H32N4O3/c1-26(2,30-17-23(32)21-8-11-24(27)29-16-21)15-19-4-3-5-20(14-19)25(33)28-13-12-18-6-9-22(31)10-7-18/h3-11,14,16,23,30-32H,12-13,15,17H2,1-2H3,(H2,27,29)(H,28,33)/t23-/m0/s1. The zero-order chi connectivity index (χ0) is 23.8. The van der Waals surface area contributed by atoms with Gasteiger partial charge >= 0.3 is 0 Å². The van der Waals surface area contributed by atoms with Gasteiger partial charge in [0.1, 0.15) is 11.6 Å². The van der Waals surface area contributed by atoms with Gasteiger partial charge in [-0.25, -0.2) is 4.98 Å². The summed E-state index contributed by atoms with van der Waals surface area (Å²) < 4.78 is 0. The smallest absolute Gasteiger partial charge is 0.251 e. The van der Waals surface area contributed by atoms with Gasteiger partial charge in [0, 0.05) is 36.0 Å². The lowest BCUT2D eigenvalue weighted by molar-refractivity contribution is 0.0954. The SMILES string of the molecule is CC(C)(Cc1cccc(C(=O)NCCc2ccc(O)cc2)c1)NC[C@H](O)c1ccc(N)nc1. The van der Waals surface area contributed by atoms with Crippen LogP contribution in [0.15, 0.2) is 66.9 Å². The molecule has 3 aromatic rings. The molecule has 0 aliphatic carbocycles. The molecule has 1 atom stereocenters. The van der Waals surface area contributed by atoms with E-state index in [4.69, 9.17) is 5.73 Å². The summed E-state index contributed by atoms with van der Waals surface area (Å²) in [6, 6.07) is 18.0. The predicted octanol–water partition coefficient (Wildman–Crippen LogP) is 2.99. The first-order valence-electron chi connectivity index (χ1n) is 11.0. The molecule has 0 aliphatic heterocycles. The average Bonchev–Trinajstić information content (AvgIpc) is 2.79. The minimum absolute atomic E-state index is 0.118. The number of rotatable bonds is 10. The maximum Gasteiger partial charge on any atom is 0.251 e. The molecule has 0 fully saturated rings. The van der Waals surface area contributed by atoms with Crippen LogP contribution in [0.1, 0.15) is 47.0 Å². The number of anilines is 1. The van der Waals surface area contributed by atoms with Crippen LogP contribution >= 0.6 is 0 Å². The van der Waals surface area contributed by atoms with Crippen LogP contribution in [0, 0.1) is 0 Å². The lowest BCUT2D eigenvalue weighted by Gasteiger charge is -2.28. The summed E-state index contributed by atoms with van der Waals surface area (Å²) in [6.07, 6.45) is 2.27. The van der Waals surface area contributed by atoms with E-state index < -0.39 is 6.10 Å². The van der Waals surface area contributed by atoms with Crippen molar-refractivity contribution in [1.29, 1.82) is 0 Å². The fraction of sp³-hybridized carbons (Fsp3) is 0.308. The highest BCUT2D eigenvalue weighted by Crippen LogP contribution is 2.17. The largest absolute Gasteiger partial charge is 0.508 e. The first-order chi connectivity index (χ1) is 15.7. The Labute approximate surface area is 194 Å². The molecule has 6 N–H and O–H groups in total. The van der Waals surface area contributed by atoms with Crippen LogP contribution in [0.5, 0.6) is 5.75 Å². The quantitative estimate of drug-likeness (QED) is 0.325. The number of hydrogen-bond acceptors (Lipinski definition) is 6. The summed E-state index contributed by atoms with van der Waals surface area (Å²) in [5, 5.41) is 26.1. The molecule has 0 radical (unpaired) electrons. The number of hydrogen-bond donors (Lipinski definition) is 5. The van der Waals surface area contributed by atoms with Crippen LogP contribution in [-0.2, 0) is 12.8 Å². The number of phenols is 1. The predicted molar refractivity (Wildman–Crippen MR) is 130 cm³/mol. The zero-order valence-electron chi connectivity index (χ0n) is 19.1. The van der Waals surface area contributed by atoms with Gasteiger partial charge in [0.05, 0.1) is 6.10 Å². The highest BCUT2D eigenvalue weighted by Gasteiger charge is 2.20. The van der Waals surface area contributed by atoms with Gasteiger partial charge in [-0.3, -0.25) is 4.79 Å². The van der Waals surface area contributed by atoms with E-state index >= 15 is 0 Å². The van der Waals surface area contributed by atoms with Crippen molar-refractivity contribution in [3.63, 3.8) is 0 Å². The first kappa shape index (κ1) is 24.2. The molecule has 0 bridgehead atoms. The second-order valence-electron chi connectivity index (χ2n) is 8.85. The number of aliphatic hydroxyl groups is 1. The Hall–Kier alpha value is -3.42. The second-order valence-corrected chi connectivity index (χ2v) is 8.85. The summed E-state index contributed by atoms with van der Waals surface area (Å²) >= 11 is 0. The van der Waals surface area contributed by atoms with E-state index in [1.165, 1.54) is 0 Å². The molecule has 0 saturated carbocycles. The molecule has 7 nitrogen and oxygen atoms in total. The Morgan fingerprint density at radius 1 is 1.09 bits per heavy atom. The number of nitrogen functional groups attached to an aromatic ring is 1. The molecule has 2 aromatic carbocycles. The van der Waals surface area contributed by atoms with Crippen molar-refractivity contribution >= 4 is 11.7 Å². The number of aliphatic hydroxyl groups excluding tert-OH is 1. The molecule has 0 unspecified atom stereocenters. The Morgan fingerprint density at radius 3 is 2.55 bits per heavy atom. The van der Waals surface area contributed by atoms with Crippen LogP contribution in [0.2, 0.25) is 0 Å². The van der Waals surface area contributed by atoms with Crippen LogP contribution in [0.4, 0.5) is 5.82 Å². The minimum Gasteiger partial charge on any atom is -0.508 e. The van der Waals surface area contributed by atoms with Gasteiger partial charge in [0.2, 0.25) is 0 Å². The molecule has 1 heterocycles. The highest BCUT2D eigenvalue weighted by molar-refractivity contribution is 5.94. The molecule has 3 rings (SSSR count). The Kier molecular flexibility index (Phi) is 8.03. The second kappa shape index (κ2) is 10.9. The Balaban J connectivity index is 1.51. The molecule has 7 heteroatoms. The van der Waals surface area contributed by atoms with E-state index in [1.807, 2.05) is 30.3 Å². The topological polar surface area (TPSA) is 120 Å². The van der Waals surface area contributed by atoms with E-state index in [0.29, 0.717) is 42.9 Å². The van der Waals surface area contributed by atoms with Gasteiger partial charge in [-0.2, -0.15) is 0 Å². The summed E-state index contributed by atoms with van der Waals surface area (Å²) in [7, 11) is 0. The normalized spacial score (nSPS) is 12.3. The van der Waals surface area contributed by atoms with Crippen LogP contribution in [0.3, 0.4) is 0 Å². The molecule has 0 saturated heterocycles. The fourth-order valence-electron chi connectivity index (χ4n) is 3.59. The van der Waals surface area contributed by atoms with Crippen LogP contribution in [0.25, 0.3) is 0 Å². The number of benzene rings is 2. The van der Waals surface area contributed by atoms with Crippen molar-refractivity contribution in [1.82, 2.24) is 15.6 Å². The van der Waals surface area contributed by atoms with Gasteiger partial charge in [-0.05, 0) is 68.1 Å². The highest BCUT2D eigenvalue weighted by atomic mass is 16.3. The van der Waals surface area contributed by atoms with Crippen molar-refractivity contribution in [3.8, 4) is 5.75 Å². The summed E-state index contributed by atoms with van der Waals surface area (Å²) in [5.41, 5.74) is 8.70. The van der Waals surface area contributed by atoms with E-state index in [9.17, 15) is 15.0 Å². The van der Waals surface area contributed by atoms with Crippen molar-refractivity contribution in [3.05, 3.63) is 89.1 Å².